The van der Waals surface area contributed by atoms with Crippen LogP contribution in [0.1, 0.15) is 16.1 Å². The third kappa shape index (κ3) is 2.52. The van der Waals surface area contributed by atoms with Crippen molar-refractivity contribution < 1.29 is 9.53 Å². The zero-order chi connectivity index (χ0) is 13.9. The van der Waals surface area contributed by atoms with Gasteiger partial charge in [-0.3, -0.25) is 4.90 Å². The van der Waals surface area contributed by atoms with E-state index in [1.807, 2.05) is 16.8 Å². The fourth-order valence-corrected chi connectivity index (χ4v) is 2.49. The van der Waals surface area contributed by atoms with E-state index in [9.17, 15) is 4.79 Å². The average molecular weight is 274 g/mol. The topological polar surface area (TPSA) is 58.9 Å². The number of hydrogen-bond acceptors (Lipinski definition) is 5. The van der Waals surface area contributed by atoms with Crippen LogP contribution < -0.4 is 5.32 Å². The third-order valence-corrected chi connectivity index (χ3v) is 3.61. The molecule has 0 unspecified atom stereocenters. The predicted molar refractivity (Wildman–Crippen MR) is 74.7 cm³/mol. The van der Waals surface area contributed by atoms with Gasteiger partial charge < -0.3 is 14.5 Å². The molecule has 0 aromatic carbocycles. The summed E-state index contributed by atoms with van der Waals surface area (Å²) in [6.07, 6.45) is 3.75. The number of nitrogens with zero attached hydrogens (tertiary/aromatic N) is 3. The second-order valence-electron chi connectivity index (χ2n) is 4.91. The number of carbonyl (C=O) groups is 1. The van der Waals surface area contributed by atoms with E-state index >= 15 is 0 Å². The van der Waals surface area contributed by atoms with Crippen molar-refractivity contribution in [2.24, 2.45) is 0 Å². The molecule has 106 valence electrons. The summed E-state index contributed by atoms with van der Waals surface area (Å²) in [5.41, 5.74) is 2.44. The molecule has 3 rings (SSSR count). The van der Waals surface area contributed by atoms with Gasteiger partial charge in [0.1, 0.15) is 5.65 Å². The van der Waals surface area contributed by atoms with E-state index in [-0.39, 0.29) is 5.97 Å². The number of methoxy groups -OCH3 is 1. The van der Waals surface area contributed by atoms with Gasteiger partial charge >= 0.3 is 5.97 Å². The highest BCUT2D eigenvalue weighted by molar-refractivity contribution is 5.90. The maximum Gasteiger partial charge on any atom is 0.338 e. The summed E-state index contributed by atoms with van der Waals surface area (Å²) >= 11 is 0. The number of fused-ring (bicyclic) bond motifs is 1. The molecule has 6 nitrogen and oxygen atoms in total. The first-order valence-corrected chi connectivity index (χ1v) is 6.75. The summed E-state index contributed by atoms with van der Waals surface area (Å²) in [6.45, 7) is 5.04. The zero-order valence-corrected chi connectivity index (χ0v) is 11.5. The molecule has 0 atom stereocenters. The number of piperazine rings is 1. The van der Waals surface area contributed by atoms with Crippen LogP contribution in [0.4, 0.5) is 0 Å². The number of esters is 1. The summed E-state index contributed by atoms with van der Waals surface area (Å²) in [4.78, 5) is 18.3. The Labute approximate surface area is 117 Å². The van der Waals surface area contributed by atoms with Crippen molar-refractivity contribution in [3.63, 3.8) is 0 Å². The number of rotatable bonds is 3. The molecule has 20 heavy (non-hydrogen) atoms. The third-order valence-electron chi connectivity index (χ3n) is 3.61. The van der Waals surface area contributed by atoms with Crippen LogP contribution >= 0.6 is 0 Å². The molecule has 0 bridgehead atoms. The Balaban J connectivity index is 1.84. The van der Waals surface area contributed by atoms with Gasteiger partial charge in [0.2, 0.25) is 0 Å². The normalized spacial score (nSPS) is 16.4. The molecule has 2 aromatic rings. The minimum atomic E-state index is -0.334. The lowest BCUT2D eigenvalue weighted by Gasteiger charge is -2.26. The van der Waals surface area contributed by atoms with Gasteiger partial charge in [-0.2, -0.15) is 0 Å². The van der Waals surface area contributed by atoms with Crippen LogP contribution in [-0.4, -0.2) is 53.5 Å². The Bertz CT molecular complexity index is 617. The molecule has 1 saturated heterocycles. The van der Waals surface area contributed by atoms with Gasteiger partial charge in [0, 0.05) is 38.9 Å². The van der Waals surface area contributed by atoms with Crippen LogP contribution in [0.5, 0.6) is 0 Å². The monoisotopic (exact) mass is 274 g/mol. The summed E-state index contributed by atoms with van der Waals surface area (Å²) in [5, 5.41) is 3.34. The lowest BCUT2D eigenvalue weighted by molar-refractivity contribution is 0.0600. The number of hydrogen-bond donors (Lipinski definition) is 1. The van der Waals surface area contributed by atoms with Crippen molar-refractivity contribution in [3.8, 4) is 0 Å². The predicted octanol–water partition coefficient (Wildman–Crippen LogP) is 0.526. The minimum Gasteiger partial charge on any atom is -0.465 e. The van der Waals surface area contributed by atoms with Crippen molar-refractivity contribution in [3.05, 3.63) is 35.8 Å². The lowest BCUT2D eigenvalue weighted by atomic mass is 10.2. The van der Waals surface area contributed by atoms with Crippen LogP contribution in [0.15, 0.2) is 24.5 Å². The molecular weight excluding hydrogens is 256 g/mol. The first kappa shape index (κ1) is 13.1. The Morgan fingerprint density at radius 1 is 1.45 bits per heavy atom. The van der Waals surface area contributed by atoms with Crippen LogP contribution in [0.25, 0.3) is 5.65 Å². The van der Waals surface area contributed by atoms with Crippen LogP contribution in [0.2, 0.25) is 0 Å². The minimum absolute atomic E-state index is 0.334. The van der Waals surface area contributed by atoms with E-state index in [0.29, 0.717) is 5.56 Å². The van der Waals surface area contributed by atoms with E-state index < -0.39 is 0 Å². The van der Waals surface area contributed by atoms with Gasteiger partial charge in [-0.1, -0.05) is 0 Å². The van der Waals surface area contributed by atoms with Crippen molar-refractivity contribution >= 4 is 11.6 Å². The van der Waals surface area contributed by atoms with Crippen molar-refractivity contribution in [1.29, 1.82) is 0 Å². The Morgan fingerprint density at radius 3 is 3.00 bits per heavy atom. The molecule has 0 amide bonds. The van der Waals surface area contributed by atoms with Gasteiger partial charge in [-0.25, -0.2) is 9.78 Å². The van der Waals surface area contributed by atoms with Gasteiger partial charge in [0.25, 0.3) is 0 Å². The van der Waals surface area contributed by atoms with Gasteiger partial charge in [0.05, 0.1) is 24.6 Å². The molecule has 2 aromatic heterocycles. The molecule has 3 heterocycles. The van der Waals surface area contributed by atoms with Gasteiger partial charge in [-0.15, -0.1) is 0 Å². The number of carbonyl (C=O) groups excluding carboxylic acids is 1. The fraction of sp³-hybridized carbons (Fsp3) is 0.429. The van der Waals surface area contributed by atoms with E-state index in [4.69, 9.17) is 4.74 Å². The van der Waals surface area contributed by atoms with E-state index in [0.717, 1.165) is 44.1 Å². The molecule has 1 N–H and O–H groups in total. The molecule has 1 fully saturated rings. The fourth-order valence-electron chi connectivity index (χ4n) is 2.49. The maximum absolute atomic E-state index is 11.5. The summed E-state index contributed by atoms with van der Waals surface area (Å²) < 4.78 is 6.74. The molecule has 0 spiro atoms. The van der Waals surface area contributed by atoms with Crippen LogP contribution in [0.3, 0.4) is 0 Å². The summed E-state index contributed by atoms with van der Waals surface area (Å²) in [5.74, 6) is -0.334. The number of pyridine rings is 1. The molecule has 1 aliphatic heterocycles. The lowest BCUT2D eigenvalue weighted by Crippen LogP contribution is -2.43. The Morgan fingerprint density at radius 2 is 2.25 bits per heavy atom. The first-order chi connectivity index (χ1) is 9.78. The molecule has 6 heteroatoms. The Hall–Kier alpha value is -1.92. The van der Waals surface area contributed by atoms with Gasteiger partial charge in [0.15, 0.2) is 0 Å². The van der Waals surface area contributed by atoms with Gasteiger partial charge in [-0.05, 0) is 12.1 Å². The molecule has 0 aliphatic carbocycles. The zero-order valence-electron chi connectivity index (χ0n) is 11.5. The Kier molecular flexibility index (Phi) is 3.66. The SMILES string of the molecule is COC(=O)c1ccn2c(CN3CCNCC3)cnc2c1. The maximum atomic E-state index is 11.5. The summed E-state index contributed by atoms with van der Waals surface area (Å²) in [6, 6.07) is 3.52. The second-order valence-corrected chi connectivity index (χ2v) is 4.91. The highest BCUT2D eigenvalue weighted by Crippen LogP contribution is 2.12. The van der Waals surface area contributed by atoms with Crippen molar-refractivity contribution in [2.45, 2.75) is 6.54 Å². The number of aromatic nitrogens is 2. The molecular formula is C14H18N4O2. The average Bonchev–Trinajstić information content (AvgIpc) is 2.90. The van der Waals surface area contributed by atoms with E-state index in [1.54, 1.807) is 12.1 Å². The second kappa shape index (κ2) is 5.60. The first-order valence-electron chi connectivity index (χ1n) is 6.75. The van der Waals surface area contributed by atoms with Crippen LogP contribution in [0, 0.1) is 0 Å². The number of nitrogens with one attached hydrogen (secondary N) is 1. The molecule has 0 radical (unpaired) electrons. The highest BCUT2D eigenvalue weighted by Gasteiger charge is 2.13. The highest BCUT2D eigenvalue weighted by atomic mass is 16.5. The quantitative estimate of drug-likeness (QED) is 0.827. The molecule has 1 aliphatic rings. The molecule has 0 saturated carbocycles. The largest absolute Gasteiger partial charge is 0.465 e. The summed E-state index contributed by atoms with van der Waals surface area (Å²) in [7, 11) is 1.38. The van der Waals surface area contributed by atoms with Crippen LogP contribution in [-0.2, 0) is 11.3 Å². The number of imidazole rings is 1. The van der Waals surface area contributed by atoms with E-state index in [1.165, 1.54) is 7.11 Å². The standard InChI is InChI=1S/C14H18N4O2/c1-20-14(19)11-2-5-18-12(9-16-13(18)8-11)10-17-6-3-15-4-7-17/h2,5,8-9,15H,3-4,6-7,10H2,1H3. The number of ether oxygens (including phenoxy) is 1. The van der Waals surface area contributed by atoms with Crippen molar-refractivity contribution in [1.82, 2.24) is 19.6 Å². The smallest absolute Gasteiger partial charge is 0.338 e. The van der Waals surface area contributed by atoms with E-state index in [2.05, 4.69) is 15.2 Å². The van der Waals surface area contributed by atoms with Crippen molar-refractivity contribution in [2.75, 3.05) is 33.3 Å².